The number of benzene rings is 1. The molecule has 0 aliphatic carbocycles. The topological polar surface area (TPSA) is 79.2 Å². The van der Waals surface area contributed by atoms with Crippen LogP contribution in [-0.4, -0.2) is 56.9 Å². The van der Waals surface area contributed by atoms with Crippen LogP contribution in [0.5, 0.6) is 0 Å². The maximum absolute atomic E-state index is 12.7. The maximum atomic E-state index is 12.7. The summed E-state index contributed by atoms with van der Waals surface area (Å²) in [5.41, 5.74) is 4.08. The van der Waals surface area contributed by atoms with Crippen molar-refractivity contribution in [2.45, 2.75) is 34.1 Å². The number of urea groups is 1. The zero-order chi connectivity index (χ0) is 22.0. The third kappa shape index (κ3) is 4.68. The fourth-order valence-corrected chi connectivity index (χ4v) is 3.83. The zero-order valence-electron chi connectivity index (χ0n) is 18.6. The molecule has 1 fully saturated rings. The third-order valence-electron chi connectivity index (χ3n) is 5.54. The zero-order valence-corrected chi connectivity index (χ0v) is 18.6. The quantitative estimate of drug-likeness (QED) is 0.700. The van der Waals surface area contributed by atoms with Crippen LogP contribution in [0.1, 0.15) is 29.7 Å². The van der Waals surface area contributed by atoms with E-state index in [-0.39, 0.29) is 6.03 Å². The van der Waals surface area contributed by atoms with Gasteiger partial charge >= 0.3 is 6.03 Å². The largest absolute Gasteiger partial charge is 0.353 e. The van der Waals surface area contributed by atoms with E-state index in [2.05, 4.69) is 32.2 Å². The lowest BCUT2D eigenvalue weighted by molar-refractivity contribution is 0.208. The van der Waals surface area contributed by atoms with Gasteiger partial charge in [0.05, 0.1) is 5.69 Å². The predicted molar refractivity (Wildman–Crippen MR) is 122 cm³/mol. The van der Waals surface area contributed by atoms with Crippen LogP contribution in [0.2, 0.25) is 0 Å². The van der Waals surface area contributed by atoms with Gasteiger partial charge in [0.1, 0.15) is 11.6 Å². The first kappa shape index (κ1) is 20.8. The Morgan fingerprint density at radius 1 is 0.968 bits per heavy atom. The number of piperazine rings is 1. The molecule has 162 valence electrons. The van der Waals surface area contributed by atoms with E-state index in [9.17, 15) is 4.79 Å². The van der Waals surface area contributed by atoms with Crippen molar-refractivity contribution in [3.8, 4) is 5.82 Å². The van der Waals surface area contributed by atoms with Crippen molar-refractivity contribution in [2.24, 2.45) is 0 Å². The van der Waals surface area contributed by atoms with Crippen LogP contribution < -0.4 is 10.2 Å². The molecule has 0 spiro atoms. The fourth-order valence-electron chi connectivity index (χ4n) is 3.83. The molecule has 0 unspecified atom stereocenters. The molecule has 1 aliphatic rings. The molecule has 1 saturated heterocycles. The molecule has 4 rings (SSSR count). The summed E-state index contributed by atoms with van der Waals surface area (Å²) in [6, 6.07) is 11.9. The second-order valence-corrected chi connectivity index (χ2v) is 7.93. The smallest absolute Gasteiger partial charge is 0.321 e. The standard InChI is InChI=1S/C23H29N7O/c1-5-19-6-8-20(9-7-19)26-23(31)29-12-10-28(11-13-29)21-15-22(25-18(4)24-21)30-17(3)14-16(2)27-30/h6-9,14-15H,5,10-13H2,1-4H3,(H,26,31). The van der Waals surface area contributed by atoms with E-state index in [1.807, 2.05) is 66.8 Å². The van der Waals surface area contributed by atoms with Crippen molar-refractivity contribution in [3.05, 3.63) is 59.2 Å². The summed E-state index contributed by atoms with van der Waals surface area (Å²) in [4.78, 5) is 25.9. The lowest BCUT2D eigenvalue weighted by Gasteiger charge is -2.35. The van der Waals surface area contributed by atoms with E-state index >= 15 is 0 Å². The van der Waals surface area contributed by atoms with E-state index in [0.29, 0.717) is 18.9 Å². The Labute approximate surface area is 182 Å². The van der Waals surface area contributed by atoms with Gasteiger partial charge < -0.3 is 15.1 Å². The molecule has 1 aliphatic heterocycles. The monoisotopic (exact) mass is 419 g/mol. The molecule has 8 heteroatoms. The van der Waals surface area contributed by atoms with Crippen LogP contribution in [0.3, 0.4) is 0 Å². The molecule has 1 N–H and O–H groups in total. The number of rotatable bonds is 4. The van der Waals surface area contributed by atoms with Gasteiger partial charge in [-0.2, -0.15) is 5.10 Å². The SMILES string of the molecule is CCc1ccc(NC(=O)N2CCN(c3cc(-n4nc(C)cc4C)nc(C)n3)CC2)cc1. The number of carbonyl (C=O) groups excluding carboxylic acids is 1. The summed E-state index contributed by atoms with van der Waals surface area (Å²) >= 11 is 0. The van der Waals surface area contributed by atoms with E-state index in [1.54, 1.807) is 0 Å². The molecule has 2 amide bonds. The predicted octanol–water partition coefficient (Wildman–Crippen LogP) is 3.50. The van der Waals surface area contributed by atoms with E-state index in [4.69, 9.17) is 0 Å². The Morgan fingerprint density at radius 2 is 1.65 bits per heavy atom. The van der Waals surface area contributed by atoms with E-state index in [1.165, 1.54) is 5.56 Å². The summed E-state index contributed by atoms with van der Waals surface area (Å²) < 4.78 is 1.85. The Kier molecular flexibility index (Phi) is 5.88. The number of carbonyl (C=O) groups is 1. The average molecular weight is 420 g/mol. The number of nitrogens with one attached hydrogen (secondary N) is 1. The van der Waals surface area contributed by atoms with Gasteiger partial charge in [-0.25, -0.2) is 19.4 Å². The van der Waals surface area contributed by atoms with Crippen LogP contribution in [-0.2, 0) is 6.42 Å². The van der Waals surface area contributed by atoms with Crippen LogP contribution in [0.4, 0.5) is 16.3 Å². The number of nitrogens with zero attached hydrogens (tertiary/aromatic N) is 6. The van der Waals surface area contributed by atoms with Gasteiger partial charge in [-0.05, 0) is 51.0 Å². The Balaban J connectivity index is 1.41. The molecule has 0 saturated carbocycles. The first-order chi connectivity index (χ1) is 14.9. The van der Waals surface area contributed by atoms with Crippen molar-refractivity contribution >= 4 is 17.5 Å². The number of amides is 2. The first-order valence-electron chi connectivity index (χ1n) is 10.7. The third-order valence-corrected chi connectivity index (χ3v) is 5.54. The number of aromatic nitrogens is 4. The van der Waals surface area contributed by atoms with Gasteiger partial charge in [0, 0.05) is 43.6 Å². The van der Waals surface area contributed by atoms with Crippen molar-refractivity contribution < 1.29 is 4.79 Å². The minimum Gasteiger partial charge on any atom is -0.353 e. The van der Waals surface area contributed by atoms with Gasteiger partial charge in [0.25, 0.3) is 0 Å². The first-order valence-corrected chi connectivity index (χ1v) is 10.7. The van der Waals surface area contributed by atoms with Crippen LogP contribution in [0, 0.1) is 20.8 Å². The van der Waals surface area contributed by atoms with Gasteiger partial charge in [-0.3, -0.25) is 0 Å². The van der Waals surface area contributed by atoms with Gasteiger partial charge in [0.2, 0.25) is 0 Å². The normalized spacial score (nSPS) is 14.1. The van der Waals surface area contributed by atoms with Crippen LogP contribution in [0.25, 0.3) is 5.82 Å². The number of aryl methyl sites for hydroxylation is 4. The highest BCUT2D eigenvalue weighted by molar-refractivity contribution is 5.89. The lowest BCUT2D eigenvalue weighted by Crippen LogP contribution is -2.50. The van der Waals surface area contributed by atoms with Crippen molar-refractivity contribution in [2.75, 3.05) is 36.4 Å². The highest BCUT2D eigenvalue weighted by Gasteiger charge is 2.23. The summed E-state index contributed by atoms with van der Waals surface area (Å²) in [5, 5.41) is 7.54. The number of anilines is 2. The molecule has 3 heterocycles. The van der Waals surface area contributed by atoms with Crippen molar-refractivity contribution in [1.82, 2.24) is 24.6 Å². The minimum absolute atomic E-state index is 0.0638. The Hall–Kier alpha value is -3.42. The highest BCUT2D eigenvalue weighted by atomic mass is 16.2. The second-order valence-electron chi connectivity index (χ2n) is 7.93. The Bertz CT molecular complexity index is 1070. The molecule has 0 radical (unpaired) electrons. The highest BCUT2D eigenvalue weighted by Crippen LogP contribution is 2.19. The van der Waals surface area contributed by atoms with E-state index < -0.39 is 0 Å². The molecule has 8 nitrogen and oxygen atoms in total. The molecule has 2 aromatic heterocycles. The van der Waals surface area contributed by atoms with Gasteiger partial charge in [-0.15, -0.1) is 0 Å². The average Bonchev–Trinajstić information content (AvgIpc) is 3.12. The Morgan fingerprint density at radius 3 is 2.26 bits per heavy atom. The number of hydrogen-bond donors (Lipinski definition) is 1. The molecule has 0 bridgehead atoms. The summed E-state index contributed by atoms with van der Waals surface area (Å²) in [7, 11) is 0. The van der Waals surface area contributed by atoms with Crippen molar-refractivity contribution in [3.63, 3.8) is 0 Å². The van der Waals surface area contributed by atoms with Crippen LogP contribution >= 0.6 is 0 Å². The minimum atomic E-state index is -0.0638. The van der Waals surface area contributed by atoms with Crippen molar-refractivity contribution in [1.29, 1.82) is 0 Å². The van der Waals surface area contributed by atoms with Crippen LogP contribution in [0.15, 0.2) is 36.4 Å². The van der Waals surface area contributed by atoms with Gasteiger partial charge in [0.15, 0.2) is 5.82 Å². The fraction of sp³-hybridized carbons (Fsp3) is 0.391. The molecule has 1 aromatic carbocycles. The van der Waals surface area contributed by atoms with E-state index in [0.717, 1.165) is 48.2 Å². The molecular formula is C23H29N7O. The summed E-state index contributed by atoms with van der Waals surface area (Å²) in [6.45, 7) is 10.7. The molecular weight excluding hydrogens is 390 g/mol. The maximum Gasteiger partial charge on any atom is 0.321 e. The molecule has 3 aromatic rings. The van der Waals surface area contributed by atoms with Gasteiger partial charge in [-0.1, -0.05) is 19.1 Å². The number of hydrogen-bond acceptors (Lipinski definition) is 5. The lowest BCUT2D eigenvalue weighted by atomic mass is 10.1. The molecule has 0 atom stereocenters. The summed E-state index contributed by atoms with van der Waals surface area (Å²) in [5.74, 6) is 2.34. The summed E-state index contributed by atoms with van der Waals surface area (Å²) in [6.07, 6.45) is 0.986. The molecule has 31 heavy (non-hydrogen) atoms. The second kappa shape index (κ2) is 8.75.